The molecule has 0 radical (unpaired) electrons. The molecule has 1 unspecified atom stereocenters. The Morgan fingerprint density at radius 1 is 0.820 bits per heavy atom. The zero-order chi connectivity index (χ0) is 42.6. The number of para-hydroxylation sites is 1. The summed E-state index contributed by atoms with van der Waals surface area (Å²) in [7, 11) is 0. The largest absolute Gasteiger partial charge is 0.384 e. The maximum atomic E-state index is 14.7. The van der Waals surface area contributed by atoms with Gasteiger partial charge in [0.2, 0.25) is 23.7 Å². The summed E-state index contributed by atoms with van der Waals surface area (Å²) in [5, 5.41) is 14.7. The van der Waals surface area contributed by atoms with E-state index < -0.39 is 35.5 Å². The molecule has 17 heteroatoms. The van der Waals surface area contributed by atoms with E-state index in [4.69, 9.17) is 11.6 Å². The number of nitrogens with one attached hydrogen (secondary N) is 5. The number of hydrogen-bond acceptors (Lipinski definition) is 11. The Hall–Kier alpha value is -7.20. The fraction of sp³-hybridized carbons (Fsp3) is 0.227. The number of nitrogens with zero attached hydrogens (tertiary/aromatic N) is 4. The van der Waals surface area contributed by atoms with Gasteiger partial charge in [-0.25, -0.2) is 9.37 Å². The number of hydrogen-bond donors (Lipinski definition) is 5. The maximum absolute atomic E-state index is 14.7. The molecule has 310 valence electrons. The van der Waals surface area contributed by atoms with Gasteiger partial charge >= 0.3 is 0 Å². The molecule has 8 rings (SSSR count). The summed E-state index contributed by atoms with van der Waals surface area (Å²) in [5.74, 6) is -2.93. The number of benzene rings is 4. The number of aromatic nitrogens is 2. The highest BCUT2D eigenvalue weighted by atomic mass is 35.5. The molecule has 2 saturated heterocycles. The van der Waals surface area contributed by atoms with Crippen molar-refractivity contribution in [2.75, 3.05) is 40.9 Å². The second kappa shape index (κ2) is 17.6. The molecule has 3 aliphatic rings. The molecular formula is C44H39ClFN9O6. The number of carbonyl (C=O) groups excluding carboxylic acids is 6. The van der Waals surface area contributed by atoms with Crippen LogP contribution in [0.4, 0.5) is 38.9 Å². The van der Waals surface area contributed by atoms with Crippen LogP contribution in [0.15, 0.2) is 97.2 Å². The van der Waals surface area contributed by atoms with Crippen molar-refractivity contribution >= 4 is 81.6 Å². The predicted molar refractivity (Wildman–Crippen MR) is 225 cm³/mol. The van der Waals surface area contributed by atoms with Crippen LogP contribution < -0.4 is 26.6 Å². The molecule has 61 heavy (non-hydrogen) atoms. The normalized spacial score (nSPS) is 16.5. The van der Waals surface area contributed by atoms with E-state index in [-0.39, 0.29) is 59.9 Å². The monoisotopic (exact) mass is 843 g/mol. The Morgan fingerprint density at radius 2 is 1.52 bits per heavy atom. The molecule has 15 nitrogen and oxygen atoms in total. The van der Waals surface area contributed by atoms with Gasteiger partial charge in [0.05, 0.1) is 34.5 Å². The summed E-state index contributed by atoms with van der Waals surface area (Å²) in [5.41, 5.74) is 3.76. The van der Waals surface area contributed by atoms with Crippen LogP contribution in [0.3, 0.4) is 0 Å². The van der Waals surface area contributed by atoms with Crippen molar-refractivity contribution in [2.24, 2.45) is 5.92 Å². The summed E-state index contributed by atoms with van der Waals surface area (Å²) >= 11 is 6.14. The molecule has 0 spiro atoms. The minimum absolute atomic E-state index is 0.00233. The molecule has 0 bridgehead atoms. The molecule has 1 aromatic heterocycles. The minimum atomic E-state index is -1.04. The van der Waals surface area contributed by atoms with Crippen LogP contribution in [-0.2, 0) is 20.8 Å². The number of carbonyl (C=O) groups is 6. The number of anilines is 6. The maximum Gasteiger partial charge on any atom is 0.264 e. The van der Waals surface area contributed by atoms with Crippen molar-refractivity contribution < 1.29 is 33.2 Å². The smallest absolute Gasteiger partial charge is 0.264 e. The zero-order valence-electron chi connectivity index (χ0n) is 32.5. The van der Waals surface area contributed by atoms with Crippen LogP contribution in [-0.4, -0.2) is 80.9 Å². The second-order valence-electron chi connectivity index (χ2n) is 14.9. The molecule has 5 N–H and O–H groups in total. The van der Waals surface area contributed by atoms with E-state index in [0.717, 1.165) is 29.5 Å². The number of rotatable bonds is 12. The standard InChI is InChI=1S/C44H39ClFN9O6/c45-31-5-1-2-6-33(31)51-40(58)27-10-14-28(15-11-27)49-39-32(46)24-48-44(53-39)50-29-12-8-25(9-13-29)22-37(57)54-20-18-26(19-21-54)23-47-34-7-3-4-30-38(34)43(61)55(42(30)60)35-16-17-36(56)52-41(35)59/h1-15,24,26,35,47H,16-23H2,(H,51,58)(H,52,56,59)(H2,48,49,50,53). The molecule has 2 fully saturated rings. The number of amides is 6. The highest BCUT2D eigenvalue weighted by Gasteiger charge is 2.45. The summed E-state index contributed by atoms with van der Waals surface area (Å²) < 4.78 is 14.7. The summed E-state index contributed by atoms with van der Waals surface area (Å²) in [6.07, 6.45) is 2.88. The second-order valence-corrected chi connectivity index (χ2v) is 15.3. The van der Waals surface area contributed by atoms with E-state index >= 15 is 0 Å². The van der Waals surface area contributed by atoms with Crippen LogP contribution in [0.5, 0.6) is 0 Å². The van der Waals surface area contributed by atoms with Gasteiger partial charge < -0.3 is 26.2 Å². The molecule has 0 saturated carbocycles. The van der Waals surface area contributed by atoms with Crippen molar-refractivity contribution in [1.82, 2.24) is 25.1 Å². The Labute approximate surface area is 354 Å². The van der Waals surface area contributed by atoms with Gasteiger partial charge in [0.15, 0.2) is 11.6 Å². The highest BCUT2D eigenvalue weighted by Crippen LogP contribution is 2.33. The van der Waals surface area contributed by atoms with E-state index in [0.29, 0.717) is 53.0 Å². The lowest BCUT2D eigenvalue weighted by atomic mass is 9.96. The Morgan fingerprint density at radius 3 is 2.26 bits per heavy atom. The molecule has 0 aliphatic carbocycles. The fourth-order valence-corrected chi connectivity index (χ4v) is 7.72. The van der Waals surface area contributed by atoms with E-state index in [9.17, 15) is 33.2 Å². The van der Waals surface area contributed by atoms with E-state index in [2.05, 4.69) is 36.6 Å². The van der Waals surface area contributed by atoms with E-state index in [1.54, 1.807) is 78.9 Å². The number of piperidine rings is 2. The molecule has 3 aliphatic heterocycles. The third kappa shape index (κ3) is 9.04. The number of likely N-dealkylation sites (tertiary alicyclic amines) is 1. The van der Waals surface area contributed by atoms with Crippen molar-refractivity contribution in [2.45, 2.75) is 38.1 Å². The zero-order valence-corrected chi connectivity index (χ0v) is 33.3. The number of fused-ring (bicyclic) bond motifs is 1. The van der Waals surface area contributed by atoms with E-state index in [1.165, 1.54) is 0 Å². The average molecular weight is 844 g/mol. The first-order valence-electron chi connectivity index (χ1n) is 19.7. The molecule has 1 atom stereocenters. The Balaban J connectivity index is 0.799. The van der Waals surface area contributed by atoms with E-state index in [1.807, 2.05) is 17.0 Å². The van der Waals surface area contributed by atoms with Gasteiger partial charge in [0, 0.05) is 48.7 Å². The van der Waals surface area contributed by atoms with Crippen LogP contribution >= 0.6 is 11.6 Å². The van der Waals surface area contributed by atoms with Crippen LogP contribution in [0.2, 0.25) is 5.02 Å². The van der Waals surface area contributed by atoms with Crippen LogP contribution in [0.1, 0.15) is 62.3 Å². The first-order chi connectivity index (χ1) is 29.5. The highest BCUT2D eigenvalue weighted by molar-refractivity contribution is 6.34. The van der Waals surface area contributed by atoms with Gasteiger partial charge in [-0.15, -0.1) is 0 Å². The quantitative estimate of drug-likeness (QED) is 0.0885. The van der Waals surface area contributed by atoms with Crippen molar-refractivity contribution in [3.05, 3.63) is 130 Å². The first-order valence-corrected chi connectivity index (χ1v) is 20.1. The summed E-state index contributed by atoms with van der Waals surface area (Å²) in [6, 6.07) is 24.5. The molecule has 5 aromatic rings. The van der Waals surface area contributed by atoms with Crippen LogP contribution in [0, 0.1) is 11.7 Å². The minimum Gasteiger partial charge on any atom is -0.384 e. The van der Waals surface area contributed by atoms with Gasteiger partial charge in [-0.3, -0.25) is 39.0 Å². The van der Waals surface area contributed by atoms with Gasteiger partial charge in [0.1, 0.15) is 6.04 Å². The molecule has 6 amide bonds. The third-order valence-corrected chi connectivity index (χ3v) is 11.2. The SMILES string of the molecule is O=C1CCC(N2C(=O)c3cccc(NCC4CCN(C(=O)Cc5ccc(Nc6ncc(F)c(Nc7ccc(C(=O)Nc8ccccc8Cl)cc7)n6)cc5)CC4)c3C2=O)C(=O)N1. The number of imide groups is 2. The van der Waals surface area contributed by atoms with Crippen molar-refractivity contribution in [3.8, 4) is 0 Å². The van der Waals surface area contributed by atoms with Gasteiger partial charge in [-0.2, -0.15) is 4.98 Å². The van der Waals surface area contributed by atoms with Crippen molar-refractivity contribution in [3.63, 3.8) is 0 Å². The van der Waals surface area contributed by atoms with Crippen LogP contribution in [0.25, 0.3) is 0 Å². The molecule has 4 aromatic carbocycles. The lowest BCUT2D eigenvalue weighted by molar-refractivity contribution is -0.136. The fourth-order valence-electron chi connectivity index (χ4n) is 7.54. The van der Waals surface area contributed by atoms with Gasteiger partial charge in [-0.05, 0) is 91.4 Å². The summed E-state index contributed by atoms with van der Waals surface area (Å²) in [6.45, 7) is 1.67. The molecular weight excluding hydrogens is 805 g/mol. The first kappa shape index (κ1) is 40.6. The Kier molecular flexibility index (Phi) is 11.7. The van der Waals surface area contributed by atoms with Crippen molar-refractivity contribution in [1.29, 1.82) is 0 Å². The van der Waals surface area contributed by atoms with Gasteiger partial charge in [-0.1, -0.05) is 41.9 Å². The average Bonchev–Trinajstić information content (AvgIpc) is 3.52. The third-order valence-electron chi connectivity index (χ3n) is 10.9. The lowest BCUT2D eigenvalue weighted by Crippen LogP contribution is -2.54. The number of halogens is 2. The van der Waals surface area contributed by atoms with Gasteiger partial charge in [0.25, 0.3) is 17.7 Å². The summed E-state index contributed by atoms with van der Waals surface area (Å²) in [4.78, 5) is 87.8. The Bertz CT molecular complexity index is 2550. The molecule has 4 heterocycles. The topological polar surface area (TPSA) is 195 Å². The lowest BCUT2D eigenvalue weighted by Gasteiger charge is -2.32. The predicted octanol–water partition coefficient (Wildman–Crippen LogP) is 6.30.